The van der Waals surface area contributed by atoms with Gasteiger partial charge in [-0.3, -0.25) is 0 Å². The normalized spacial score (nSPS) is 12.4. The van der Waals surface area contributed by atoms with Gasteiger partial charge in [0.05, 0.1) is 0 Å². The minimum absolute atomic E-state index is 0.935. The Bertz CT molecular complexity index is 1980. The second-order valence-corrected chi connectivity index (χ2v) is 33.1. The molecular weight excluding hydrogens is 1230 g/mol. The number of hydrogen-bond acceptors (Lipinski definition) is 0. The van der Waals surface area contributed by atoms with E-state index in [1.165, 1.54) is 473 Å². The van der Waals surface area contributed by atoms with Crippen LogP contribution in [0.25, 0.3) is 16.9 Å². The number of nitrogens with zero attached hydrogens (tertiary/aromatic N) is 2. The summed E-state index contributed by atoms with van der Waals surface area (Å²) in [6.45, 7) is 16.0. The van der Waals surface area contributed by atoms with Gasteiger partial charge in [-0.2, -0.15) is 0 Å². The number of benzene rings is 2. The summed E-state index contributed by atoms with van der Waals surface area (Å²) in [5.41, 5.74) is 23.0. The van der Waals surface area contributed by atoms with Crippen LogP contribution >= 0.6 is 0 Å². The van der Waals surface area contributed by atoms with Gasteiger partial charge in [0, 0.05) is 22.8 Å². The number of aryl methyl sites for hydroxylation is 4. The van der Waals surface area contributed by atoms with Crippen LogP contribution in [0.5, 0.6) is 0 Å². The van der Waals surface area contributed by atoms with E-state index in [4.69, 9.17) is 0 Å². The quantitative estimate of drug-likeness (QED) is 0.0358. The minimum Gasteiger partial charge on any atom is -0.493 e. The zero-order chi connectivity index (χ0) is 70.3. The van der Waals surface area contributed by atoms with Crippen LogP contribution in [0.3, 0.4) is 0 Å². The van der Waals surface area contributed by atoms with Crippen LogP contribution in [-0.4, -0.2) is 4.70 Å². The minimum atomic E-state index is 0.935. The number of unbranched alkanes of at least 4 members (excludes halogenated alkanes) is 60. The summed E-state index contributed by atoms with van der Waals surface area (Å²) in [6, 6.07) is 14.4. The van der Waals surface area contributed by atoms with E-state index in [1.807, 2.05) is 0 Å². The van der Waals surface area contributed by atoms with Gasteiger partial charge in [-0.05, 0) is 105 Å². The Morgan fingerprint density at radius 2 is 0.418 bits per heavy atom. The first-order valence-corrected chi connectivity index (χ1v) is 46.4. The molecule has 1 aliphatic heterocycles. The maximum absolute atomic E-state index is 11.9. The van der Waals surface area contributed by atoms with Gasteiger partial charge in [-0.1, -0.05) is 311 Å². The summed E-state index contributed by atoms with van der Waals surface area (Å²) in [6.07, 6.45) is 101. The van der Waals surface area contributed by atoms with Gasteiger partial charge in [0.2, 0.25) is 11.4 Å². The van der Waals surface area contributed by atoms with Crippen LogP contribution < -0.4 is 0 Å². The van der Waals surface area contributed by atoms with Crippen LogP contribution in [0, 0.1) is 0 Å². The molecule has 0 bridgehead atoms. The molecule has 0 N–H and O–H groups in total. The molecule has 0 fully saturated rings. The van der Waals surface area contributed by atoms with Crippen LogP contribution in [0.1, 0.15) is 506 Å². The summed E-state index contributed by atoms with van der Waals surface area (Å²) >= 11 is 2.05. The van der Waals surface area contributed by atoms with Gasteiger partial charge in [0.25, 0.3) is 0 Å². The van der Waals surface area contributed by atoms with E-state index >= 15 is 0 Å². The summed E-state index contributed by atoms with van der Waals surface area (Å²) in [4.78, 5) is 0. The molecule has 2 nitrogen and oxygen atoms in total. The van der Waals surface area contributed by atoms with E-state index in [0.29, 0.717) is 0 Å². The molecule has 2 aromatic rings. The monoisotopic (exact) mass is 1400 g/mol. The fraction of sp³-hybridized carbons (Fsp3) is 0.832. The van der Waals surface area contributed by atoms with Crippen molar-refractivity contribution in [2.75, 3.05) is 0 Å². The molecule has 0 atom stereocenters. The Morgan fingerprint density at radius 3 is 0.643 bits per heavy atom. The molecule has 0 aliphatic carbocycles. The number of rotatable bonds is 74. The molecular formula is C95H172N2Ni. The molecule has 572 valence electrons. The van der Waals surface area contributed by atoms with E-state index < -0.39 is 0 Å². The smallest absolute Gasteiger partial charge is 0.493 e. The number of allylic oxidation sites excluding steroid dienone is 2. The molecule has 0 saturated heterocycles. The molecule has 98 heavy (non-hydrogen) atoms. The van der Waals surface area contributed by atoms with E-state index in [2.05, 4.69) is 105 Å². The summed E-state index contributed by atoms with van der Waals surface area (Å²) in [7, 11) is 0. The molecule has 0 amide bonds. The van der Waals surface area contributed by atoms with Gasteiger partial charge in [-0.15, -0.1) is 0 Å². The first kappa shape index (κ1) is 92.1. The van der Waals surface area contributed by atoms with E-state index in [9.17, 15) is 5.53 Å². The Hall–Kier alpha value is -1.99. The molecule has 0 aromatic heterocycles. The number of hydrogen-bond donors (Lipinski definition) is 0. The Balaban J connectivity index is 0.000000668. The molecule has 3 rings (SSSR count). The standard InChI is InChI=1S/C45H70N2.2C25H51.Ni/c1-6-10-14-18-20-24-28-38-31-39(29-25-21-19-15-11-7-2)34-42(33-38)44-30-37(5)45(47(44)46)43-35-40(26-22-16-12-8-3)32-41(36-43)27-23-17-13-9-4;2*1-3-5-7-9-11-13-15-17-19-21-23-25-24-22-20-18-16-14-12-10-8-6-4-2;/h30-36H,6-29H2,1-5H3;2*1,3-25H2,2H3;. The predicted octanol–water partition coefficient (Wildman–Crippen LogP) is 34.4. The SMILES string of the molecule is CCCCCCCCCCCCCCCCCCCCCCCC[CH2][Ni][CH2]CCCCCCCCCCCCCCCCCCCCCCCC.CCCCCCCCc1cc(CCCCCCCC)cc(C2=CC(C)=C(c3cc(CCCCCC)cc(CCCCCC)c3)[N+]2=[N-])c1. The van der Waals surface area contributed by atoms with E-state index in [0.717, 1.165) is 42.7 Å². The summed E-state index contributed by atoms with van der Waals surface area (Å²) in [5, 5.41) is 2.87. The fourth-order valence-corrected chi connectivity index (χ4v) is 16.5. The van der Waals surface area contributed by atoms with Gasteiger partial charge >= 0.3 is 166 Å². The summed E-state index contributed by atoms with van der Waals surface area (Å²) in [5.74, 6) is 0. The van der Waals surface area contributed by atoms with Crippen molar-refractivity contribution in [1.82, 2.24) is 0 Å². The van der Waals surface area contributed by atoms with Crippen molar-refractivity contribution in [2.24, 2.45) is 0 Å². The van der Waals surface area contributed by atoms with E-state index in [-0.39, 0.29) is 0 Å². The Morgan fingerprint density at radius 1 is 0.235 bits per heavy atom. The van der Waals surface area contributed by atoms with Crippen molar-refractivity contribution in [3.8, 4) is 0 Å². The van der Waals surface area contributed by atoms with Crippen molar-refractivity contribution in [1.29, 1.82) is 0 Å². The van der Waals surface area contributed by atoms with Crippen molar-refractivity contribution in [3.63, 3.8) is 0 Å². The third-order valence-electron chi connectivity index (χ3n) is 21.8. The zero-order valence-corrected chi connectivity index (χ0v) is 68.7. The van der Waals surface area contributed by atoms with Gasteiger partial charge in [-0.25, -0.2) is 4.70 Å². The molecule has 0 saturated carbocycles. The predicted molar refractivity (Wildman–Crippen MR) is 440 cm³/mol. The maximum atomic E-state index is 11.9. The van der Waals surface area contributed by atoms with Crippen molar-refractivity contribution in [3.05, 3.63) is 87.0 Å². The van der Waals surface area contributed by atoms with Crippen LogP contribution in [0.2, 0.25) is 10.8 Å². The van der Waals surface area contributed by atoms with Crippen LogP contribution in [0.15, 0.2) is 48.0 Å². The molecule has 0 radical (unpaired) electrons. The molecule has 0 unspecified atom stereocenters. The third-order valence-corrected chi connectivity index (χ3v) is 23.2. The molecule has 1 heterocycles. The van der Waals surface area contributed by atoms with E-state index in [1.54, 1.807) is 0 Å². The Labute approximate surface area is 622 Å². The first-order chi connectivity index (χ1) is 48.4. The topological polar surface area (TPSA) is 25.3 Å². The fourth-order valence-electron chi connectivity index (χ4n) is 15.3. The molecule has 2 aromatic carbocycles. The summed E-state index contributed by atoms with van der Waals surface area (Å²) < 4.78 is 1.52. The van der Waals surface area contributed by atoms with Crippen molar-refractivity contribution in [2.45, 2.75) is 509 Å². The zero-order valence-electron chi connectivity index (χ0n) is 67.7. The average molecular weight is 1400 g/mol. The van der Waals surface area contributed by atoms with Crippen molar-refractivity contribution >= 4 is 11.4 Å². The molecule has 1 aliphatic rings. The average Bonchev–Trinajstić information content (AvgIpc) is 1.61. The van der Waals surface area contributed by atoms with Gasteiger partial charge < -0.3 is 5.53 Å². The van der Waals surface area contributed by atoms with Crippen molar-refractivity contribution < 1.29 is 19.1 Å². The Kier molecular flexibility index (Phi) is 67.6. The van der Waals surface area contributed by atoms with Crippen LogP contribution in [-0.2, 0) is 40.1 Å². The van der Waals surface area contributed by atoms with Gasteiger partial charge in [0.1, 0.15) is 0 Å². The molecule has 0 spiro atoms. The third kappa shape index (κ3) is 54.6. The second kappa shape index (κ2) is 72.0. The molecule has 3 heteroatoms. The first-order valence-electron chi connectivity index (χ1n) is 45.0. The van der Waals surface area contributed by atoms with Gasteiger partial charge in [0.15, 0.2) is 0 Å². The van der Waals surface area contributed by atoms with Crippen LogP contribution in [0.4, 0.5) is 0 Å². The second-order valence-electron chi connectivity index (χ2n) is 31.6.